The van der Waals surface area contributed by atoms with Gasteiger partial charge >= 0.3 is 0 Å². The Bertz CT molecular complexity index is 604. The largest absolute Gasteiger partial charge is 0.384 e. The molecule has 0 amide bonds. The topological polar surface area (TPSA) is 57.2 Å². The molecule has 5 nitrogen and oxygen atoms in total. The number of methoxy groups -OCH3 is 1. The minimum absolute atomic E-state index is 0.209. The van der Waals surface area contributed by atoms with Gasteiger partial charge in [0, 0.05) is 18.6 Å². The van der Waals surface area contributed by atoms with Gasteiger partial charge in [0.25, 0.3) is 0 Å². The first kappa shape index (κ1) is 19.3. The Hall–Kier alpha value is -1.50. The van der Waals surface area contributed by atoms with Crippen molar-refractivity contribution in [2.75, 3.05) is 13.7 Å². The maximum absolute atomic E-state index is 11.5. The van der Waals surface area contributed by atoms with E-state index >= 15 is 0 Å². The third kappa shape index (κ3) is 3.63. The van der Waals surface area contributed by atoms with E-state index in [4.69, 9.17) is 18.9 Å². The zero-order chi connectivity index (χ0) is 18.6. The normalized spacial score (nSPS) is 36.9. The predicted molar refractivity (Wildman–Crippen MR) is 98.4 cm³/mol. The van der Waals surface area contributed by atoms with Crippen LogP contribution in [0.2, 0.25) is 0 Å². The summed E-state index contributed by atoms with van der Waals surface area (Å²) in [6.07, 6.45) is 3.51. The van der Waals surface area contributed by atoms with E-state index in [1.807, 2.05) is 36.4 Å². The second-order valence-corrected chi connectivity index (χ2v) is 6.87. The molecule has 0 radical (unpaired) electrons. The van der Waals surface area contributed by atoms with Crippen LogP contribution in [0.3, 0.4) is 0 Å². The monoisotopic (exact) mass is 360 g/mol. The second-order valence-electron chi connectivity index (χ2n) is 6.87. The molecule has 2 saturated heterocycles. The van der Waals surface area contributed by atoms with E-state index < -0.39 is 18.2 Å². The van der Waals surface area contributed by atoms with Gasteiger partial charge in [0.2, 0.25) is 0 Å². The SMILES string of the molecule is C=CCC[C@]1(O)[C@@H](OC)O[C@@H]2CO[C@@H](c3ccccc3)O[C@H]2[C@@H]1CC=C. The van der Waals surface area contributed by atoms with E-state index in [9.17, 15) is 5.11 Å². The molecule has 0 unspecified atom stereocenters. The minimum atomic E-state index is -1.18. The number of allylic oxidation sites excluding steroid dienone is 2. The Balaban J connectivity index is 1.88. The van der Waals surface area contributed by atoms with Gasteiger partial charge in [0.15, 0.2) is 12.6 Å². The first-order valence-electron chi connectivity index (χ1n) is 9.08. The van der Waals surface area contributed by atoms with Crippen LogP contribution in [0, 0.1) is 5.92 Å². The van der Waals surface area contributed by atoms with Gasteiger partial charge in [-0.15, -0.1) is 13.2 Å². The van der Waals surface area contributed by atoms with Crippen LogP contribution in [0.1, 0.15) is 31.1 Å². The van der Waals surface area contributed by atoms with E-state index in [1.165, 1.54) is 0 Å². The summed E-state index contributed by atoms with van der Waals surface area (Å²) in [7, 11) is 1.55. The van der Waals surface area contributed by atoms with Gasteiger partial charge in [0.1, 0.15) is 11.7 Å². The molecular formula is C21H28O5. The van der Waals surface area contributed by atoms with Crippen LogP contribution in [0.4, 0.5) is 0 Å². The van der Waals surface area contributed by atoms with Crippen LogP contribution in [0.5, 0.6) is 0 Å². The fraction of sp³-hybridized carbons (Fsp3) is 0.524. The molecule has 26 heavy (non-hydrogen) atoms. The number of benzene rings is 1. The minimum Gasteiger partial charge on any atom is -0.384 e. The van der Waals surface area contributed by atoms with Crippen molar-refractivity contribution in [2.24, 2.45) is 5.92 Å². The Labute approximate surface area is 155 Å². The standard InChI is InChI=1S/C21H28O5/c1-4-6-13-21(22)16(10-5-2)18-17(25-20(21)23-3)14-24-19(26-18)15-11-8-7-9-12-15/h4-5,7-9,11-12,16-20,22H,1-2,6,10,13-14H2,3H3/t16-,17+,18-,19+,20-,21+/m0/s1. The highest BCUT2D eigenvalue weighted by atomic mass is 16.7. The van der Waals surface area contributed by atoms with E-state index in [2.05, 4.69) is 13.2 Å². The maximum Gasteiger partial charge on any atom is 0.186 e. The van der Waals surface area contributed by atoms with Crippen molar-refractivity contribution in [3.05, 3.63) is 61.2 Å². The zero-order valence-electron chi connectivity index (χ0n) is 15.3. The van der Waals surface area contributed by atoms with Gasteiger partial charge in [-0.2, -0.15) is 0 Å². The molecule has 5 heteroatoms. The lowest BCUT2D eigenvalue weighted by Gasteiger charge is -2.53. The fourth-order valence-corrected chi connectivity index (χ4v) is 3.95. The molecule has 2 aliphatic heterocycles. The average molecular weight is 360 g/mol. The van der Waals surface area contributed by atoms with Gasteiger partial charge in [-0.25, -0.2) is 0 Å². The molecular weight excluding hydrogens is 332 g/mol. The van der Waals surface area contributed by atoms with Gasteiger partial charge in [-0.05, 0) is 19.3 Å². The molecule has 1 aromatic carbocycles. The number of rotatable bonds is 7. The van der Waals surface area contributed by atoms with Crippen LogP contribution in [-0.4, -0.2) is 42.9 Å². The first-order chi connectivity index (χ1) is 12.6. The van der Waals surface area contributed by atoms with E-state index in [1.54, 1.807) is 13.2 Å². The Morgan fingerprint density at radius 2 is 2.00 bits per heavy atom. The third-order valence-electron chi connectivity index (χ3n) is 5.26. The number of aliphatic hydroxyl groups is 1. The maximum atomic E-state index is 11.5. The smallest absolute Gasteiger partial charge is 0.186 e. The quantitative estimate of drug-likeness (QED) is 0.756. The summed E-state index contributed by atoms with van der Waals surface area (Å²) in [4.78, 5) is 0. The highest BCUT2D eigenvalue weighted by Gasteiger charge is 2.57. The van der Waals surface area contributed by atoms with E-state index in [0.717, 1.165) is 5.56 Å². The van der Waals surface area contributed by atoms with E-state index in [-0.39, 0.29) is 18.1 Å². The van der Waals surface area contributed by atoms with Crippen molar-refractivity contribution < 1.29 is 24.1 Å². The summed E-state index contributed by atoms with van der Waals surface area (Å²) in [5.74, 6) is -0.209. The highest BCUT2D eigenvalue weighted by molar-refractivity contribution is 5.17. The molecule has 6 atom stereocenters. The van der Waals surface area contributed by atoms with Crippen molar-refractivity contribution in [3.63, 3.8) is 0 Å². The molecule has 1 N–H and O–H groups in total. The van der Waals surface area contributed by atoms with Crippen LogP contribution < -0.4 is 0 Å². The number of ether oxygens (including phenoxy) is 4. The fourth-order valence-electron chi connectivity index (χ4n) is 3.95. The Kier molecular flexibility index (Phi) is 6.27. The molecule has 0 aromatic heterocycles. The van der Waals surface area contributed by atoms with Crippen LogP contribution in [0.25, 0.3) is 0 Å². The molecule has 0 saturated carbocycles. The molecule has 2 fully saturated rings. The molecule has 0 aliphatic carbocycles. The molecule has 0 spiro atoms. The van der Waals surface area contributed by atoms with Gasteiger partial charge in [0.05, 0.1) is 12.7 Å². The number of hydrogen-bond acceptors (Lipinski definition) is 5. The summed E-state index contributed by atoms with van der Waals surface area (Å²) in [6, 6.07) is 9.80. The molecule has 2 heterocycles. The average Bonchev–Trinajstić information content (AvgIpc) is 2.69. The molecule has 0 bridgehead atoms. The first-order valence-corrected chi connectivity index (χ1v) is 9.08. The third-order valence-corrected chi connectivity index (χ3v) is 5.26. The lowest BCUT2D eigenvalue weighted by molar-refractivity contribution is -0.376. The summed E-state index contributed by atoms with van der Waals surface area (Å²) < 4.78 is 23.7. The van der Waals surface area contributed by atoms with Crippen molar-refractivity contribution in [2.45, 2.75) is 49.7 Å². The zero-order valence-corrected chi connectivity index (χ0v) is 15.3. The molecule has 1 aromatic rings. The Morgan fingerprint density at radius 1 is 1.23 bits per heavy atom. The Morgan fingerprint density at radius 3 is 2.65 bits per heavy atom. The van der Waals surface area contributed by atoms with Crippen molar-refractivity contribution >= 4 is 0 Å². The second kappa shape index (κ2) is 8.46. The number of fused-ring (bicyclic) bond motifs is 1. The van der Waals surface area contributed by atoms with Crippen LogP contribution >= 0.6 is 0 Å². The lowest BCUT2D eigenvalue weighted by Crippen LogP contribution is -2.65. The van der Waals surface area contributed by atoms with Crippen LogP contribution in [-0.2, 0) is 18.9 Å². The molecule has 142 valence electrons. The highest BCUT2D eigenvalue weighted by Crippen LogP contribution is 2.45. The predicted octanol–water partition coefficient (Wildman–Crippen LogP) is 3.36. The van der Waals surface area contributed by atoms with Gasteiger partial charge in [-0.3, -0.25) is 0 Å². The summed E-state index contributed by atoms with van der Waals surface area (Å²) in [6.45, 7) is 8.02. The van der Waals surface area contributed by atoms with Gasteiger partial charge < -0.3 is 24.1 Å². The summed E-state index contributed by atoms with van der Waals surface area (Å²) in [5.41, 5.74) is -0.233. The van der Waals surface area contributed by atoms with Crippen LogP contribution in [0.15, 0.2) is 55.6 Å². The van der Waals surface area contributed by atoms with Crippen molar-refractivity contribution in [3.8, 4) is 0 Å². The van der Waals surface area contributed by atoms with Crippen molar-refractivity contribution in [1.29, 1.82) is 0 Å². The summed E-state index contributed by atoms with van der Waals surface area (Å²) >= 11 is 0. The molecule has 2 aliphatic rings. The number of hydrogen-bond donors (Lipinski definition) is 1. The van der Waals surface area contributed by atoms with E-state index in [0.29, 0.717) is 25.9 Å². The lowest BCUT2D eigenvalue weighted by atomic mass is 9.73. The van der Waals surface area contributed by atoms with Gasteiger partial charge in [-0.1, -0.05) is 42.5 Å². The summed E-state index contributed by atoms with van der Waals surface area (Å²) in [5, 5.41) is 11.5. The molecule has 3 rings (SSSR count). The van der Waals surface area contributed by atoms with Crippen molar-refractivity contribution in [1.82, 2.24) is 0 Å².